The third-order valence-corrected chi connectivity index (χ3v) is 5.35. The third-order valence-electron chi connectivity index (χ3n) is 5.35. The SMILES string of the molecule is COc1ccc(NC(=O)CN2CCC(C(=O)Nc3ccc(OC(F)(F)F)cc3)CC2)cc1OC. The maximum atomic E-state index is 12.5. The first kappa shape index (κ1) is 25.2. The molecule has 1 saturated heterocycles. The molecule has 34 heavy (non-hydrogen) atoms. The average molecular weight is 481 g/mol. The van der Waals surface area contributed by atoms with Crippen molar-refractivity contribution in [3.05, 3.63) is 42.5 Å². The number of piperidine rings is 1. The summed E-state index contributed by atoms with van der Waals surface area (Å²) in [5.74, 6) is 0.0673. The first-order chi connectivity index (χ1) is 16.2. The van der Waals surface area contributed by atoms with Gasteiger partial charge in [0, 0.05) is 23.4 Å². The number of anilines is 2. The Kier molecular flexibility index (Phi) is 8.21. The molecule has 0 saturated carbocycles. The van der Waals surface area contributed by atoms with Gasteiger partial charge in [0.05, 0.1) is 20.8 Å². The van der Waals surface area contributed by atoms with Gasteiger partial charge in [-0.25, -0.2) is 0 Å². The van der Waals surface area contributed by atoms with Gasteiger partial charge in [-0.1, -0.05) is 0 Å². The number of hydrogen-bond donors (Lipinski definition) is 2. The van der Waals surface area contributed by atoms with E-state index in [0.29, 0.717) is 48.8 Å². The minimum Gasteiger partial charge on any atom is -0.493 e. The second-order valence-corrected chi connectivity index (χ2v) is 7.73. The van der Waals surface area contributed by atoms with E-state index in [1.807, 2.05) is 4.90 Å². The normalized spacial score (nSPS) is 14.9. The number of benzene rings is 2. The highest BCUT2D eigenvalue weighted by molar-refractivity contribution is 5.93. The van der Waals surface area contributed by atoms with Gasteiger partial charge in [-0.05, 0) is 62.3 Å². The van der Waals surface area contributed by atoms with E-state index in [2.05, 4.69) is 15.4 Å². The fourth-order valence-electron chi connectivity index (χ4n) is 3.66. The number of halogens is 3. The molecule has 1 aliphatic rings. The zero-order valence-corrected chi connectivity index (χ0v) is 18.8. The molecule has 0 aromatic heterocycles. The summed E-state index contributed by atoms with van der Waals surface area (Å²) in [5, 5.41) is 5.54. The number of ether oxygens (including phenoxy) is 3. The van der Waals surface area contributed by atoms with E-state index in [9.17, 15) is 22.8 Å². The van der Waals surface area contributed by atoms with Crippen molar-refractivity contribution < 1.29 is 37.0 Å². The standard InChI is InChI=1S/C23H26F3N3O5/c1-32-19-8-5-17(13-20(19)33-2)27-21(30)14-29-11-9-15(10-12-29)22(31)28-16-3-6-18(7-4-16)34-23(24,25)26/h3-8,13,15H,9-12,14H2,1-2H3,(H,27,30)(H,28,31). The van der Waals surface area contributed by atoms with Crippen molar-refractivity contribution in [2.75, 3.05) is 44.5 Å². The molecule has 2 N–H and O–H groups in total. The smallest absolute Gasteiger partial charge is 0.493 e. The summed E-state index contributed by atoms with van der Waals surface area (Å²) in [7, 11) is 3.05. The fourth-order valence-corrected chi connectivity index (χ4v) is 3.66. The molecule has 2 aromatic rings. The highest BCUT2D eigenvalue weighted by Gasteiger charge is 2.31. The van der Waals surface area contributed by atoms with Crippen LogP contribution < -0.4 is 24.8 Å². The fraction of sp³-hybridized carbons (Fsp3) is 0.391. The third kappa shape index (κ3) is 7.27. The number of nitrogens with one attached hydrogen (secondary N) is 2. The summed E-state index contributed by atoms with van der Waals surface area (Å²) >= 11 is 0. The average Bonchev–Trinajstić information content (AvgIpc) is 2.79. The van der Waals surface area contributed by atoms with Crippen LogP contribution in [0.2, 0.25) is 0 Å². The Bertz CT molecular complexity index is 990. The van der Waals surface area contributed by atoms with Crippen LogP contribution in [0.5, 0.6) is 17.2 Å². The van der Waals surface area contributed by atoms with Crippen molar-refractivity contribution in [2.24, 2.45) is 5.92 Å². The Hall–Kier alpha value is -3.47. The second-order valence-electron chi connectivity index (χ2n) is 7.73. The Labute approximate surface area is 195 Å². The predicted octanol–water partition coefficient (Wildman–Crippen LogP) is 3.89. The Morgan fingerprint density at radius 2 is 1.56 bits per heavy atom. The lowest BCUT2D eigenvalue weighted by molar-refractivity contribution is -0.274. The summed E-state index contributed by atoms with van der Waals surface area (Å²) in [6, 6.07) is 10.1. The molecule has 11 heteroatoms. The molecule has 3 rings (SSSR count). The number of rotatable bonds is 8. The molecule has 184 valence electrons. The van der Waals surface area contributed by atoms with E-state index < -0.39 is 6.36 Å². The zero-order valence-electron chi connectivity index (χ0n) is 18.8. The van der Waals surface area contributed by atoms with E-state index in [1.165, 1.54) is 26.4 Å². The van der Waals surface area contributed by atoms with E-state index in [4.69, 9.17) is 9.47 Å². The van der Waals surface area contributed by atoms with Crippen LogP contribution in [0.4, 0.5) is 24.5 Å². The number of hydrogen-bond acceptors (Lipinski definition) is 6. The number of likely N-dealkylation sites (tertiary alicyclic amines) is 1. The summed E-state index contributed by atoms with van der Waals surface area (Å²) in [6.07, 6.45) is -3.65. The molecule has 0 atom stereocenters. The van der Waals surface area contributed by atoms with Crippen LogP contribution in [0.25, 0.3) is 0 Å². The number of amides is 2. The van der Waals surface area contributed by atoms with Crippen LogP contribution in [-0.2, 0) is 9.59 Å². The van der Waals surface area contributed by atoms with E-state index >= 15 is 0 Å². The van der Waals surface area contributed by atoms with Crippen LogP contribution in [0, 0.1) is 5.92 Å². The van der Waals surface area contributed by atoms with Crippen LogP contribution in [-0.4, -0.2) is 56.9 Å². The molecule has 0 radical (unpaired) electrons. The van der Waals surface area contributed by atoms with Crippen molar-refractivity contribution in [3.8, 4) is 17.2 Å². The van der Waals surface area contributed by atoms with E-state index in [0.717, 1.165) is 12.1 Å². The molecule has 0 spiro atoms. The molecule has 1 aliphatic heterocycles. The molecule has 2 amide bonds. The van der Waals surface area contributed by atoms with Crippen molar-refractivity contribution in [3.63, 3.8) is 0 Å². The van der Waals surface area contributed by atoms with Crippen molar-refractivity contribution in [1.29, 1.82) is 0 Å². The van der Waals surface area contributed by atoms with Crippen molar-refractivity contribution in [2.45, 2.75) is 19.2 Å². The predicted molar refractivity (Wildman–Crippen MR) is 119 cm³/mol. The highest BCUT2D eigenvalue weighted by Crippen LogP contribution is 2.30. The van der Waals surface area contributed by atoms with Crippen LogP contribution in [0.3, 0.4) is 0 Å². The van der Waals surface area contributed by atoms with Gasteiger partial charge in [-0.3, -0.25) is 14.5 Å². The van der Waals surface area contributed by atoms with E-state index in [-0.39, 0.29) is 30.0 Å². The maximum Gasteiger partial charge on any atom is 0.573 e. The van der Waals surface area contributed by atoms with Gasteiger partial charge in [0.1, 0.15) is 5.75 Å². The van der Waals surface area contributed by atoms with Gasteiger partial charge in [0.25, 0.3) is 0 Å². The van der Waals surface area contributed by atoms with Gasteiger partial charge in [0.2, 0.25) is 11.8 Å². The van der Waals surface area contributed by atoms with Crippen LogP contribution in [0.15, 0.2) is 42.5 Å². The number of nitrogens with zero attached hydrogens (tertiary/aromatic N) is 1. The highest BCUT2D eigenvalue weighted by atomic mass is 19.4. The molecule has 0 bridgehead atoms. The maximum absolute atomic E-state index is 12.5. The minimum absolute atomic E-state index is 0.184. The largest absolute Gasteiger partial charge is 0.573 e. The Morgan fingerprint density at radius 1 is 0.941 bits per heavy atom. The van der Waals surface area contributed by atoms with Gasteiger partial charge >= 0.3 is 6.36 Å². The number of carbonyl (C=O) groups is 2. The summed E-state index contributed by atoms with van der Waals surface area (Å²) < 4.78 is 51.0. The van der Waals surface area contributed by atoms with Gasteiger partial charge in [0.15, 0.2) is 11.5 Å². The molecule has 1 heterocycles. The quantitative estimate of drug-likeness (QED) is 0.595. The number of methoxy groups -OCH3 is 2. The topological polar surface area (TPSA) is 89.1 Å². The first-order valence-electron chi connectivity index (χ1n) is 10.6. The van der Waals surface area contributed by atoms with Gasteiger partial charge in [-0.15, -0.1) is 13.2 Å². The molecule has 0 unspecified atom stereocenters. The van der Waals surface area contributed by atoms with Gasteiger partial charge < -0.3 is 24.8 Å². The molecule has 0 aliphatic carbocycles. The van der Waals surface area contributed by atoms with E-state index in [1.54, 1.807) is 18.2 Å². The Morgan fingerprint density at radius 3 is 2.15 bits per heavy atom. The van der Waals surface area contributed by atoms with Crippen molar-refractivity contribution in [1.82, 2.24) is 4.90 Å². The molecular weight excluding hydrogens is 455 g/mol. The summed E-state index contributed by atoms with van der Waals surface area (Å²) in [4.78, 5) is 26.9. The van der Waals surface area contributed by atoms with Crippen molar-refractivity contribution >= 4 is 23.2 Å². The lowest BCUT2D eigenvalue weighted by Gasteiger charge is -2.30. The van der Waals surface area contributed by atoms with Crippen LogP contribution in [0.1, 0.15) is 12.8 Å². The number of carbonyl (C=O) groups excluding carboxylic acids is 2. The molecule has 8 nitrogen and oxygen atoms in total. The number of alkyl halides is 3. The molecular formula is C23H26F3N3O5. The van der Waals surface area contributed by atoms with Gasteiger partial charge in [-0.2, -0.15) is 0 Å². The summed E-state index contributed by atoms with van der Waals surface area (Å²) in [6.45, 7) is 1.31. The molecule has 2 aromatic carbocycles. The zero-order chi connectivity index (χ0) is 24.7. The van der Waals surface area contributed by atoms with Crippen LogP contribution >= 0.6 is 0 Å². The first-order valence-corrected chi connectivity index (χ1v) is 10.6. The lowest BCUT2D eigenvalue weighted by atomic mass is 9.96. The monoisotopic (exact) mass is 481 g/mol. The Balaban J connectivity index is 1.44. The minimum atomic E-state index is -4.77. The second kappa shape index (κ2) is 11.1. The lowest BCUT2D eigenvalue weighted by Crippen LogP contribution is -2.41. The molecule has 1 fully saturated rings. The summed E-state index contributed by atoms with van der Waals surface area (Å²) in [5.41, 5.74) is 0.972.